The van der Waals surface area contributed by atoms with Crippen molar-refractivity contribution in [2.24, 2.45) is 7.05 Å². The van der Waals surface area contributed by atoms with E-state index in [0.29, 0.717) is 0 Å². The molecule has 0 unspecified atom stereocenters. The first-order valence-corrected chi connectivity index (χ1v) is 5.59. The van der Waals surface area contributed by atoms with Crippen molar-refractivity contribution in [2.45, 2.75) is 39.0 Å². The van der Waals surface area contributed by atoms with Gasteiger partial charge in [-0.3, -0.25) is 4.68 Å². The van der Waals surface area contributed by atoms with Gasteiger partial charge in [-0.15, -0.1) is 0 Å². The first kappa shape index (κ1) is 12.8. The molecule has 1 N–H and O–H groups in total. The third-order valence-corrected chi connectivity index (χ3v) is 2.22. The summed E-state index contributed by atoms with van der Waals surface area (Å²) in [4.78, 5) is 0. The molecule has 1 aromatic rings. The van der Waals surface area contributed by atoms with E-state index in [1.54, 1.807) is 4.68 Å². The monoisotopic (exact) mass is 220 g/mol. The third-order valence-electron chi connectivity index (χ3n) is 2.22. The SMILES string of the molecule is Cn1cc(C#CCCCO)c(C(C)(C)C)n1. The average Bonchev–Trinajstić information content (AvgIpc) is 2.54. The summed E-state index contributed by atoms with van der Waals surface area (Å²) in [6, 6.07) is 0. The summed E-state index contributed by atoms with van der Waals surface area (Å²) in [6.07, 6.45) is 3.42. The van der Waals surface area contributed by atoms with E-state index in [0.717, 1.165) is 24.1 Å². The van der Waals surface area contributed by atoms with Gasteiger partial charge in [-0.05, 0) is 6.42 Å². The second kappa shape index (κ2) is 5.18. The standard InChI is InChI=1S/C13H20N2O/c1-13(2,3)12-11(10-15(4)14-12)8-6-5-7-9-16/h10,16H,5,7,9H2,1-4H3. The van der Waals surface area contributed by atoms with E-state index >= 15 is 0 Å². The minimum atomic E-state index is 0.0161. The van der Waals surface area contributed by atoms with E-state index in [1.165, 1.54) is 0 Å². The summed E-state index contributed by atoms with van der Waals surface area (Å²) < 4.78 is 1.80. The number of aromatic nitrogens is 2. The number of rotatable bonds is 2. The van der Waals surface area contributed by atoms with Crippen molar-refractivity contribution in [1.82, 2.24) is 9.78 Å². The molecular weight excluding hydrogens is 200 g/mol. The molecule has 88 valence electrons. The lowest BCUT2D eigenvalue weighted by molar-refractivity contribution is 0.290. The molecule has 16 heavy (non-hydrogen) atoms. The van der Waals surface area contributed by atoms with Gasteiger partial charge in [-0.25, -0.2) is 0 Å². The Morgan fingerprint density at radius 3 is 2.69 bits per heavy atom. The maximum absolute atomic E-state index is 8.67. The summed E-state index contributed by atoms with van der Waals surface area (Å²) in [5.41, 5.74) is 2.04. The summed E-state index contributed by atoms with van der Waals surface area (Å²) >= 11 is 0. The van der Waals surface area contributed by atoms with Crippen LogP contribution in [0.3, 0.4) is 0 Å². The lowest BCUT2D eigenvalue weighted by atomic mass is 9.90. The van der Waals surface area contributed by atoms with Crippen molar-refractivity contribution in [3.8, 4) is 11.8 Å². The van der Waals surface area contributed by atoms with E-state index < -0.39 is 0 Å². The zero-order chi connectivity index (χ0) is 12.2. The van der Waals surface area contributed by atoms with Crippen LogP contribution in [0.4, 0.5) is 0 Å². The molecule has 0 aliphatic rings. The van der Waals surface area contributed by atoms with Crippen LogP contribution in [0.2, 0.25) is 0 Å². The van der Waals surface area contributed by atoms with Crippen LogP contribution < -0.4 is 0 Å². The van der Waals surface area contributed by atoms with Crippen LogP contribution in [0, 0.1) is 11.8 Å². The number of aliphatic hydroxyl groups excluding tert-OH is 1. The smallest absolute Gasteiger partial charge is 0.0834 e. The van der Waals surface area contributed by atoms with Crippen LogP contribution in [-0.4, -0.2) is 21.5 Å². The summed E-state index contributed by atoms with van der Waals surface area (Å²) in [7, 11) is 1.91. The molecule has 0 radical (unpaired) electrons. The molecule has 0 saturated carbocycles. The van der Waals surface area contributed by atoms with E-state index in [9.17, 15) is 0 Å². The van der Waals surface area contributed by atoms with Crippen LogP contribution in [0.5, 0.6) is 0 Å². The highest BCUT2D eigenvalue weighted by molar-refractivity contribution is 5.39. The molecule has 0 aromatic carbocycles. The molecule has 0 aliphatic heterocycles. The largest absolute Gasteiger partial charge is 0.396 e. The third kappa shape index (κ3) is 3.39. The molecule has 0 fully saturated rings. The Balaban J connectivity index is 2.90. The fraction of sp³-hybridized carbons (Fsp3) is 0.615. The topological polar surface area (TPSA) is 38.0 Å². The maximum Gasteiger partial charge on any atom is 0.0834 e. The summed E-state index contributed by atoms with van der Waals surface area (Å²) in [5, 5.41) is 13.1. The first-order chi connectivity index (χ1) is 7.45. The first-order valence-electron chi connectivity index (χ1n) is 5.59. The molecular formula is C13H20N2O. The molecule has 0 aliphatic carbocycles. The predicted octanol–water partition coefficient (Wildman–Crippen LogP) is 1.84. The molecule has 0 amide bonds. The fourth-order valence-electron chi connectivity index (χ4n) is 1.46. The Kier molecular flexibility index (Phi) is 4.14. The van der Waals surface area contributed by atoms with Gasteiger partial charge in [0.05, 0.1) is 11.3 Å². The van der Waals surface area contributed by atoms with Crippen molar-refractivity contribution in [1.29, 1.82) is 0 Å². The van der Waals surface area contributed by atoms with Crippen LogP contribution in [0.1, 0.15) is 44.9 Å². The molecule has 0 bridgehead atoms. The number of aliphatic hydroxyl groups is 1. The van der Waals surface area contributed by atoms with Crippen molar-refractivity contribution < 1.29 is 5.11 Å². The normalized spacial score (nSPS) is 11.1. The molecule has 1 rings (SSSR count). The Morgan fingerprint density at radius 1 is 1.44 bits per heavy atom. The minimum Gasteiger partial charge on any atom is -0.396 e. The summed E-state index contributed by atoms with van der Waals surface area (Å²) in [5.74, 6) is 6.20. The Labute approximate surface area is 97.5 Å². The highest BCUT2D eigenvalue weighted by Gasteiger charge is 2.20. The molecule has 3 heteroatoms. The number of aryl methyl sites for hydroxylation is 1. The van der Waals surface area contributed by atoms with E-state index in [1.807, 2.05) is 13.2 Å². The second-order valence-electron chi connectivity index (χ2n) is 4.94. The van der Waals surface area contributed by atoms with Gasteiger partial charge in [0.15, 0.2) is 0 Å². The molecule has 0 atom stereocenters. The van der Waals surface area contributed by atoms with Crippen molar-refractivity contribution in [2.75, 3.05) is 6.61 Å². The highest BCUT2D eigenvalue weighted by Crippen LogP contribution is 2.23. The molecule has 3 nitrogen and oxygen atoms in total. The zero-order valence-corrected chi connectivity index (χ0v) is 10.5. The quantitative estimate of drug-likeness (QED) is 0.610. The average molecular weight is 220 g/mol. The van der Waals surface area contributed by atoms with Crippen LogP contribution in [-0.2, 0) is 12.5 Å². The van der Waals surface area contributed by atoms with Crippen LogP contribution >= 0.6 is 0 Å². The van der Waals surface area contributed by atoms with E-state index in [4.69, 9.17) is 5.11 Å². The Bertz CT molecular complexity index is 402. The Hall–Kier alpha value is -1.27. The van der Waals surface area contributed by atoms with Gasteiger partial charge < -0.3 is 5.11 Å². The molecule has 1 heterocycles. The summed E-state index contributed by atoms with van der Waals surface area (Å²) in [6.45, 7) is 6.60. The molecule has 0 saturated heterocycles. The van der Waals surface area contributed by atoms with Gasteiger partial charge in [0.2, 0.25) is 0 Å². The molecule has 0 spiro atoms. The lowest BCUT2D eigenvalue weighted by Crippen LogP contribution is -2.14. The van der Waals surface area contributed by atoms with Gasteiger partial charge >= 0.3 is 0 Å². The highest BCUT2D eigenvalue weighted by atomic mass is 16.2. The zero-order valence-electron chi connectivity index (χ0n) is 10.5. The second-order valence-corrected chi connectivity index (χ2v) is 4.94. The maximum atomic E-state index is 8.67. The van der Waals surface area contributed by atoms with Crippen LogP contribution in [0.15, 0.2) is 6.20 Å². The van der Waals surface area contributed by atoms with E-state index in [2.05, 4.69) is 37.7 Å². The van der Waals surface area contributed by atoms with Crippen LogP contribution in [0.25, 0.3) is 0 Å². The van der Waals surface area contributed by atoms with Crippen molar-refractivity contribution >= 4 is 0 Å². The molecule has 1 aromatic heterocycles. The number of nitrogens with zero attached hydrogens (tertiary/aromatic N) is 2. The predicted molar refractivity (Wildman–Crippen MR) is 65.1 cm³/mol. The van der Waals surface area contributed by atoms with Crippen molar-refractivity contribution in [3.05, 3.63) is 17.5 Å². The van der Waals surface area contributed by atoms with Gasteiger partial charge in [-0.2, -0.15) is 5.10 Å². The van der Waals surface area contributed by atoms with Gasteiger partial charge in [0.25, 0.3) is 0 Å². The number of unbranched alkanes of at least 4 members (excludes halogenated alkanes) is 1. The fourth-order valence-corrected chi connectivity index (χ4v) is 1.46. The lowest BCUT2D eigenvalue weighted by Gasteiger charge is -2.15. The van der Waals surface area contributed by atoms with Gasteiger partial charge in [0.1, 0.15) is 0 Å². The number of hydrogen-bond acceptors (Lipinski definition) is 2. The minimum absolute atomic E-state index is 0.0161. The van der Waals surface area contributed by atoms with Gasteiger partial charge in [0, 0.05) is 31.7 Å². The van der Waals surface area contributed by atoms with Crippen molar-refractivity contribution in [3.63, 3.8) is 0 Å². The Morgan fingerprint density at radius 2 is 2.12 bits per heavy atom. The van der Waals surface area contributed by atoms with E-state index in [-0.39, 0.29) is 12.0 Å². The number of hydrogen-bond donors (Lipinski definition) is 1. The van der Waals surface area contributed by atoms with Gasteiger partial charge in [-0.1, -0.05) is 32.6 Å².